The second-order valence-corrected chi connectivity index (χ2v) is 8.38. The summed E-state index contributed by atoms with van der Waals surface area (Å²) in [7, 11) is 0. The fraction of sp³-hybridized carbons (Fsp3) is 0.0667. The average molecular weight is 444 g/mol. The van der Waals surface area contributed by atoms with Crippen LogP contribution in [0.2, 0.25) is 0 Å². The molecular weight excluding hydrogens is 418 g/mol. The van der Waals surface area contributed by atoms with Crippen molar-refractivity contribution < 1.29 is 4.79 Å². The Kier molecular flexibility index (Phi) is 5.79. The summed E-state index contributed by atoms with van der Waals surface area (Å²) in [4.78, 5) is 13.1. The third-order valence-electron chi connectivity index (χ3n) is 5.88. The van der Waals surface area contributed by atoms with Gasteiger partial charge in [0.25, 0.3) is 5.91 Å². The van der Waals surface area contributed by atoms with Crippen molar-refractivity contribution in [2.45, 2.75) is 13.8 Å². The van der Waals surface area contributed by atoms with Gasteiger partial charge in [0, 0.05) is 11.3 Å². The van der Waals surface area contributed by atoms with Gasteiger partial charge < -0.3 is 5.32 Å². The van der Waals surface area contributed by atoms with Gasteiger partial charge in [-0.15, -0.1) is 0 Å². The maximum atomic E-state index is 13.1. The van der Waals surface area contributed by atoms with Crippen LogP contribution in [0.4, 0.5) is 5.69 Å². The summed E-state index contributed by atoms with van der Waals surface area (Å²) in [5.74, 6) is -0.238. The van der Waals surface area contributed by atoms with Gasteiger partial charge in [-0.1, -0.05) is 90.5 Å². The molecule has 1 aromatic heterocycles. The van der Waals surface area contributed by atoms with Crippen molar-refractivity contribution in [1.82, 2.24) is 9.78 Å². The molecule has 5 aromatic rings. The molecule has 0 aliphatic heterocycles. The van der Waals surface area contributed by atoms with E-state index in [1.807, 2.05) is 91.3 Å². The normalized spacial score (nSPS) is 10.8. The fourth-order valence-corrected chi connectivity index (χ4v) is 3.98. The standard InChI is InChI=1S/C30H25N3O/c1-21-12-18-26(19-13-21)31-30(34)27-20-29(33(32-27)28-11-7-6-8-22(28)2)25-16-14-24(15-17-25)23-9-4-3-5-10-23/h3-20H,1-2H3,(H,31,34). The van der Waals surface area contributed by atoms with E-state index < -0.39 is 0 Å². The second-order valence-electron chi connectivity index (χ2n) is 8.38. The van der Waals surface area contributed by atoms with Gasteiger partial charge in [-0.3, -0.25) is 4.79 Å². The quantitative estimate of drug-likeness (QED) is 0.316. The Morgan fingerprint density at radius 3 is 2.03 bits per heavy atom. The van der Waals surface area contributed by atoms with Crippen LogP contribution in [0.1, 0.15) is 21.6 Å². The molecule has 166 valence electrons. The van der Waals surface area contributed by atoms with Crippen LogP contribution in [0, 0.1) is 13.8 Å². The van der Waals surface area contributed by atoms with E-state index in [-0.39, 0.29) is 5.91 Å². The lowest BCUT2D eigenvalue weighted by molar-refractivity contribution is 0.102. The lowest BCUT2D eigenvalue weighted by Crippen LogP contribution is -2.13. The van der Waals surface area contributed by atoms with Crippen LogP contribution in [-0.4, -0.2) is 15.7 Å². The number of hydrogen-bond donors (Lipinski definition) is 1. The third-order valence-corrected chi connectivity index (χ3v) is 5.88. The Hall–Kier alpha value is -4.44. The van der Waals surface area contributed by atoms with E-state index in [1.54, 1.807) is 0 Å². The molecule has 0 atom stereocenters. The van der Waals surface area contributed by atoms with Gasteiger partial charge in [0.1, 0.15) is 0 Å². The molecule has 34 heavy (non-hydrogen) atoms. The molecule has 0 spiro atoms. The zero-order chi connectivity index (χ0) is 23.5. The number of rotatable bonds is 5. The van der Waals surface area contributed by atoms with E-state index in [1.165, 1.54) is 5.56 Å². The summed E-state index contributed by atoms with van der Waals surface area (Å²) < 4.78 is 1.86. The van der Waals surface area contributed by atoms with Crippen molar-refractivity contribution >= 4 is 11.6 Å². The number of carbonyl (C=O) groups excluding carboxylic acids is 1. The molecule has 1 amide bonds. The minimum Gasteiger partial charge on any atom is -0.321 e. The van der Waals surface area contributed by atoms with E-state index in [0.717, 1.165) is 39.3 Å². The van der Waals surface area contributed by atoms with Gasteiger partial charge in [0.15, 0.2) is 5.69 Å². The van der Waals surface area contributed by atoms with Crippen molar-refractivity contribution in [3.63, 3.8) is 0 Å². The minimum absolute atomic E-state index is 0.238. The molecule has 0 unspecified atom stereocenters. The van der Waals surface area contributed by atoms with E-state index in [4.69, 9.17) is 5.10 Å². The Balaban J connectivity index is 1.54. The molecule has 4 aromatic carbocycles. The van der Waals surface area contributed by atoms with Crippen molar-refractivity contribution in [3.05, 3.63) is 126 Å². The number of aryl methyl sites for hydroxylation is 2. The Morgan fingerprint density at radius 1 is 0.706 bits per heavy atom. The van der Waals surface area contributed by atoms with Crippen molar-refractivity contribution in [1.29, 1.82) is 0 Å². The summed E-state index contributed by atoms with van der Waals surface area (Å²) in [6.45, 7) is 4.07. The number of nitrogens with one attached hydrogen (secondary N) is 1. The lowest BCUT2D eigenvalue weighted by atomic mass is 10.0. The Labute approximate surface area is 199 Å². The van der Waals surface area contributed by atoms with Gasteiger partial charge in [-0.25, -0.2) is 4.68 Å². The number of benzene rings is 4. The SMILES string of the molecule is Cc1ccc(NC(=O)c2cc(-c3ccc(-c4ccccc4)cc3)n(-c3ccccc3C)n2)cc1. The molecule has 1 N–H and O–H groups in total. The first-order chi connectivity index (χ1) is 16.6. The summed E-state index contributed by atoms with van der Waals surface area (Å²) in [6.07, 6.45) is 0. The van der Waals surface area contributed by atoms with Crippen LogP contribution >= 0.6 is 0 Å². The van der Waals surface area contributed by atoms with E-state index >= 15 is 0 Å². The molecule has 0 aliphatic rings. The Morgan fingerprint density at radius 2 is 1.32 bits per heavy atom. The molecule has 0 saturated heterocycles. The highest BCUT2D eigenvalue weighted by Gasteiger charge is 2.18. The molecule has 0 bridgehead atoms. The van der Waals surface area contributed by atoms with Crippen molar-refractivity contribution in [2.75, 3.05) is 5.32 Å². The molecule has 5 rings (SSSR count). The number of hydrogen-bond acceptors (Lipinski definition) is 2. The highest BCUT2D eigenvalue weighted by molar-refractivity contribution is 6.03. The predicted octanol–water partition coefficient (Wildman–Crippen LogP) is 7.08. The largest absolute Gasteiger partial charge is 0.321 e. The molecule has 0 aliphatic carbocycles. The van der Waals surface area contributed by atoms with E-state index in [9.17, 15) is 4.79 Å². The number of para-hydroxylation sites is 1. The molecule has 0 fully saturated rings. The number of carbonyl (C=O) groups is 1. The van der Waals surface area contributed by atoms with Gasteiger partial charge in [-0.2, -0.15) is 5.10 Å². The van der Waals surface area contributed by atoms with Gasteiger partial charge >= 0.3 is 0 Å². The summed E-state index contributed by atoms with van der Waals surface area (Å²) in [5.41, 5.74) is 8.44. The molecule has 0 radical (unpaired) electrons. The second kappa shape index (κ2) is 9.20. The van der Waals surface area contributed by atoms with Crippen LogP contribution in [-0.2, 0) is 0 Å². The molecule has 1 heterocycles. The zero-order valence-electron chi connectivity index (χ0n) is 19.2. The topological polar surface area (TPSA) is 46.9 Å². The number of amides is 1. The monoisotopic (exact) mass is 443 g/mol. The number of nitrogens with zero attached hydrogens (tertiary/aromatic N) is 2. The molecular formula is C30H25N3O. The fourth-order valence-electron chi connectivity index (χ4n) is 3.98. The first-order valence-electron chi connectivity index (χ1n) is 11.3. The number of aromatic nitrogens is 2. The summed E-state index contributed by atoms with van der Waals surface area (Å²) >= 11 is 0. The van der Waals surface area contributed by atoms with Crippen LogP contribution < -0.4 is 5.32 Å². The number of anilines is 1. The minimum atomic E-state index is -0.238. The lowest BCUT2D eigenvalue weighted by Gasteiger charge is -2.11. The van der Waals surface area contributed by atoms with Crippen LogP contribution in [0.25, 0.3) is 28.1 Å². The van der Waals surface area contributed by atoms with Crippen molar-refractivity contribution in [3.8, 4) is 28.1 Å². The van der Waals surface area contributed by atoms with Crippen LogP contribution in [0.3, 0.4) is 0 Å². The maximum absolute atomic E-state index is 13.1. The van der Waals surface area contributed by atoms with Crippen molar-refractivity contribution in [2.24, 2.45) is 0 Å². The van der Waals surface area contributed by atoms with Crippen LogP contribution in [0.5, 0.6) is 0 Å². The molecule has 0 saturated carbocycles. The first-order valence-corrected chi connectivity index (χ1v) is 11.3. The zero-order valence-corrected chi connectivity index (χ0v) is 19.2. The molecule has 4 nitrogen and oxygen atoms in total. The van der Waals surface area contributed by atoms with Gasteiger partial charge in [0.05, 0.1) is 11.4 Å². The summed E-state index contributed by atoms with van der Waals surface area (Å²) in [5, 5.41) is 7.68. The van der Waals surface area contributed by atoms with Crippen LogP contribution in [0.15, 0.2) is 109 Å². The predicted molar refractivity (Wildman–Crippen MR) is 138 cm³/mol. The molecule has 4 heteroatoms. The van der Waals surface area contributed by atoms with Gasteiger partial charge in [-0.05, 0) is 54.8 Å². The third kappa shape index (κ3) is 4.39. The highest BCUT2D eigenvalue weighted by Crippen LogP contribution is 2.28. The Bertz CT molecular complexity index is 1430. The van der Waals surface area contributed by atoms with Gasteiger partial charge in [0.2, 0.25) is 0 Å². The highest BCUT2D eigenvalue weighted by atomic mass is 16.1. The summed E-state index contributed by atoms with van der Waals surface area (Å²) in [6, 6.07) is 36.3. The maximum Gasteiger partial charge on any atom is 0.276 e. The van der Waals surface area contributed by atoms with E-state index in [0.29, 0.717) is 5.69 Å². The smallest absolute Gasteiger partial charge is 0.276 e. The first kappa shape index (κ1) is 21.4. The van der Waals surface area contributed by atoms with E-state index in [2.05, 4.69) is 41.7 Å². The average Bonchev–Trinajstić information content (AvgIpc) is 3.32.